The number of ether oxygens (including phenoxy) is 2. The number of halogens is 2. The number of carbonyl (C=O) groups excluding carboxylic acids is 1. The molecule has 0 N–H and O–H groups in total. The number of aromatic nitrogens is 1. The molecule has 0 aliphatic carbocycles. The molecule has 108 valence electrons. The molecule has 2 heterocycles. The van der Waals surface area contributed by atoms with Gasteiger partial charge in [0.1, 0.15) is 17.5 Å². The van der Waals surface area contributed by atoms with Gasteiger partial charge in [-0.2, -0.15) is 0 Å². The highest BCUT2D eigenvalue weighted by atomic mass is 35.5. The monoisotopic (exact) mass is 323 g/mol. The number of hydrogen-bond acceptors (Lipinski definition) is 4. The molecular formula is C15H11Cl2NO3. The Labute approximate surface area is 131 Å². The summed E-state index contributed by atoms with van der Waals surface area (Å²) in [6.07, 6.45) is 0.804. The molecule has 6 heteroatoms. The van der Waals surface area contributed by atoms with Crippen molar-refractivity contribution in [2.75, 3.05) is 6.61 Å². The third-order valence-corrected chi connectivity index (χ3v) is 3.70. The number of carbonyl (C=O) groups is 1. The van der Waals surface area contributed by atoms with Crippen LogP contribution >= 0.6 is 23.2 Å². The molecule has 21 heavy (non-hydrogen) atoms. The zero-order chi connectivity index (χ0) is 14.8. The third kappa shape index (κ3) is 3.12. The molecule has 2 aromatic rings. The lowest BCUT2D eigenvalue weighted by molar-refractivity contribution is 0.0468. The summed E-state index contributed by atoms with van der Waals surface area (Å²) in [6.45, 7) is 0.627. The maximum Gasteiger partial charge on any atom is 0.338 e. The first-order valence-corrected chi connectivity index (χ1v) is 7.13. The second-order valence-electron chi connectivity index (χ2n) is 4.56. The van der Waals surface area contributed by atoms with Crippen LogP contribution < -0.4 is 4.74 Å². The maximum absolute atomic E-state index is 12.0. The van der Waals surface area contributed by atoms with E-state index in [1.54, 1.807) is 30.3 Å². The van der Waals surface area contributed by atoms with E-state index in [1.807, 2.05) is 0 Å². The van der Waals surface area contributed by atoms with Crippen molar-refractivity contribution in [1.82, 2.24) is 4.98 Å². The fourth-order valence-corrected chi connectivity index (χ4v) is 2.41. The number of fused-ring (bicyclic) bond motifs is 1. The maximum atomic E-state index is 12.0. The highest BCUT2D eigenvalue weighted by Gasteiger charge is 2.16. The normalized spacial score (nSPS) is 12.7. The van der Waals surface area contributed by atoms with Crippen LogP contribution in [0, 0.1) is 0 Å². The van der Waals surface area contributed by atoms with Crippen molar-refractivity contribution in [3.63, 3.8) is 0 Å². The van der Waals surface area contributed by atoms with E-state index in [0.717, 1.165) is 17.7 Å². The van der Waals surface area contributed by atoms with Crippen LogP contribution in [0.3, 0.4) is 0 Å². The molecule has 1 aromatic carbocycles. The molecule has 0 unspecified atom stereocenters. The predicted octanol–water partition coefficient (Wildman–Crippen LogP) is 3.68. The number of esters is 1. The number of nitrogens with zero attached hydrogens (tertiary/aromatic N) is 1. The van der Waals surface area contributed by atoms with Crippen LogP contribution in [0.15, 0.2) is 30.3 Å². The van der Waals surface area contributed by atoms with Crippen LogP contribution in [-0.4, -0.2) is 17.6 Å². The van der Waals surface area contributed by atoms with Crippen molar-refractivity contribution in [3.05, 3.63) is 57.3 Å². The summed E-state index contributed by atoms with van der Waals surface area (Å²) in [4.78, 5) is 16.1. The van der Waals surface area contributed by atoms with Gasteiger partial charge in [0.25, 0.3) is 0 Å². The van der Waals surface area contributed by atoms with Gasteiger partial charge in [0.2, 0.25) is 0 Å². The van der Waals surface area contributed by atoms with Gasteiger partial charge in [0.15, 0.2) is 0 Å². The van der Waals surface area contributed by atoms with Crippen molar-refractivity contribution in [1.29, 1.82) is 0 Å². The SMILES string of the molecule is O=C(OCc1nc(Cl)ccc1Cl)c1ccc2c(c1)CCO2. The Hall–Kier alpha value is -1.78. The lowest BCUT2D eigenvalue weighted by atomic mass is 10.1. The summed E-state index contributed by atoms with van der Waals surface area (Å²) >= 11 is 11.8. The Bertz CT molecular complexity index is 703. The van der Waals surface area contributed by atoms with Crippen molar-refractivity contribution < 1.29 is 14.3 Å². The average Bonchev–Trinajstić information content (AvgIpc) is 2.95. The number of pyridine rings is 1. The highest BCUT2D eigenvalue weighted by Crippen LogP contribution is 2.26. The van der Waals surface area contributed by atoms with Gasteiger partial charge in [-0.15, -0.1) is 0 Å². The molecule has 0 bridgehead atoms. The Balaban J connectivity index is 1.70. The lowest BCUT2D eigenvalue weighted by Gasteiger charge is -2.07. The minimum atomic E-state index is -0.428. The molecule has 1 aliphatic rings. The van der Waals surface area contributed by atoms with Crippen LogP contribution in [0.25, 0.3) is 0 Å². The predicted molar refractivity (Wildman–Crippen MR) is 79.0 cm³/mol. The van der Waals surface area contributed by atoms with E-state index >= 15 is 0 Å². The second-order valence-corrected chi connectivity index (χ2v) is 5.35. The van der Waals surface area contributed by atoms with Gasteiger partial charge in [-0.3, -0.25) is 0 Å². The van der Waals surface area contributed by atoms with Crippen LogP contribution in [0.1, 0.15) is 21.6 Å². The second kappa shape index (κ2) is 5.92. The Morgan fingerprint density at radius 3 is 3.00 bits per heavy atom. The molecule has 0 atom stereocenters. The van der Waals surface area contributed by atoms with E-state index in [-0.39, 0.29) is 6.61 Å². The first-order valence-electron chi connectivity index (χ1n) is 6.37. The molecule has 3 rings (SSSR count). The van der Waals surface area contributed by atoms with E-state index in [4.69, 9.17) is 32.7 Å². The van der Waals surface area contributed by atoms with E-state index in [9.17, 15) is 4.79 Å². The topological polar surface area (TPSA) is 48.4 Å². The first kappa shape index (κ1) is 14.2. The standard InChI is InChI=1S/C15H11Cl2NO3/c16-11-2-4-14(17)18-12(11)8-21-15(19)10-1-3-13-9(7-10)5-6-20-13/h1-4,7H,5-6,8H2. The van der Waals surface area contributed by atoms with Gasteiger partial charge in [-0.25, -0.2) is 9.78 Å². The molecule has 0 fully saturated rings. The summed E-state index contributed by atoms with van der Waals surface area (Å²) in [5.41, 5.74) is 1.93. The summed E-state index contributed by atoms with van der Waals surface area (Å²) < 4.78 is 10.6. The summed E-state index contributed by atoms with van der Waals surface area (Å²) in [5, 5.41) is 0.717. The van der Waals surface area contributed by atoms with Crippen LogP contribution in [0.5, 0.6) is 5.75 Å². The van der Waals surface area contributed by atoms with Gasteiger partial charge < -0.3 is 9.47 Å². The zero-order valence-corrected chi connectivity index (χ0v) is 12.4. The van der Waals surface area contributed by atoms with Crippen molar-refractivity contribution >= 4 is 29.2 Å². The molecule has 0 radical (unpaired) electrons. The smallest absolute Gasteiger partial charge is 0.338 e. The van der Waals surface area contributed by atoms with Gasteiger partial charge in [-0.1, -0.05) is 23.2 Å². The Morgan fingerprint density at radius 1 is 1.29 bits per heavy atom. The van der Waals surface area contributed by atoms with E-state index in [1.165, 1.54) is 0 Å². The highest BCUT2D eigenvalue weighted by molar-refractivity contribution is 6.32. The van der Waals surface area contributed by atoms with Gasteiger partial charge >= 0.3 is 5.97 Å². The number of hydrogen-bond donors (Lipinski definition) is 0. The van der Waals surface area contributed by atoms with Crippen LogP contribution in [-0.2, 0) is 17.8 Å². The minimum Gasteiger partial charge on any atom is -0.493 e. The molecule has 0 saturated carbocycles. The van der Waals surface area contributed by atoms with Crippen molar-refractivity contribution in [3.8, 4) is 5.75 Å². The van der Waals surface area contributed by atoms with Crippen LogP contribution in [0.4, 0.5) is 0 Å². The molecule has 1 aromatic heterocycles. The number of benzene rings is 1. The molecule has 0 spiro atoms. The fraction of sp³-hybridized carbons (Fsp3) is 0.200. The molecule has 0 saturated heterocycles. The van der Waals surface area contributed by atoms with Gasteiger partial charge in [0, 0.05) is 6.42 Å². The van der Waals surface area contributed by atoms with Crippen molar-refractivity contribution in [2.45, 2.75) is 13.0 Å². The molecule has 4 nitrogen and oxygen atoms in total. The Kier molecular flexibility index (Phi) is 3.99. The fourth-order valence-electron chi connectivity index (χ4n) is 2.09. The quantitative estimate of drug-likeness (QED) is 0.638. The summed E-state index contributed by atoms with van der Waals surface area (Å²) in [5.74, 6) is 0.397. The van der Waals surface area contributed by atoms with Crippen LogP contribution in [0.2, 0.25) is 10.2 Å². The van der Waals surface area contributed by atoms with Gasteiger partial charge in [-0.05, 0) is 35.9 Å². The average molecular weight is 324 g/mol. The van der Waals surface area contributed by atoms with E-state index in [0.29, 0.717) is 28.0 Å². The summed E-state index contributed by atoms with van der Waals surface area (Å²) in [7, 11) is 0. The molecule has 0 amide bonds. The number of rotatable bonds is 3. The minimum absolute atomic E-state index is 0.0220. The molecule has 1 aliphatic heterocycles. The molecular weight excluding hydrogens is 313 g/mol. The first-order chi connectivity index (χ1) is 10.1. The lowest BCUT2D eigenvalue weighted by Crippen LogP contribution is -2.07. The zero-order valence-electron chi connectivity index (χ0n) is 10.9. The summed E-state index contributed by atoms with van der Waals surface area (Å²) in [6, 6.07) is 8.45. The van der Waals surface area contributed by atoms with Crippen molar-refractivity contribution in [2.24, 2.45) is 0 Å². The van der Waals surface area contributed by atoms with E-state index in [2.05, 4.69) is 4.98 Å². The Morgan fingerprint density at radius 2 is 2.14 bits per heavy atom. The third-order valence-electron chi connectivity index (χ3n) is 3.15. The van der Waals surface area contributed by atoms with Gasteiger partial charge in [0.05, 0.1) is 22.9 Å². The largest absolute Gasteiger partial charge is 0.493 e. The van der Waals surface area contributed by atoms with E-state index < -0.39 is 5.97 Å².